The maximum Gasteiger partial charge on any atom is 0.203 e. The number of hydrogen-bond donors (Lipinski definition) is 2. The van der Waals surface area contributed by atoms with Gasteiger partial charge in [-0.05, 0) is 18.2 Å². The van der Waals surface area contributed by atoms with Crippen molar-refractivity contribution in [3.8, 4) is 23.0 Å². The second kappa shape index (κ2) is 11.5. The monoisotopic (exact) mass is 399 g/mol. The molecule has 2 aromatic carbocycles. The topological polar surface area (TPSA) is 73.3 Å². The van der Waals surface area contributed by atoms with Crippen LogP contribution in [0, 0.1) is 0 Å². The molecule has 0 saturated heterocycles. The first-order valence-electron chi connectivity index (χ1n) is 9.22. The SMILES string of the molecule is C=CCOc1ccccc1CNC(=NC)NCc1ccc(OC)c(OC)c1OC. The molecule has 0 bridgehead atoms. The highest BCUT2D eigenvalue weighted by molar-refractivity contribution is 5.79. The van der Waals surface area contributed by atoms with Crippen LogP contribution in [0.25, 0.3) is 0 Å². The molecule has 0 saturated carbocycles. The third-order valence-electron chi connectivity index (χ3n) is 4.23. The standard InChI is InChI=1S/C22H29N3O4/c1-6-13-29-18-10-8-7-9-16(18)14-24-22(23-2)25-15-17-11-12-19(26-3)21(28-5)20(17)27-4/h6-12H,1,13-15H2,2-5H3,(H2,23,24,25). The Hall–Kier alpha value is -3.35. The molecular formula is C22H29N3O4. The fraction of sp³-hybridized carbons (Fsp3) is 0.318. The van der Waals surface area contributed by atoms with Gasteiger partial charge in [0.25, 0.3) is 0 Å². The molecule has 2 rings (SSSR count). The number of rotatable bonds is 10. The molecule has 7 heteroatoms. The van der Waals surface area contributed by atoms with E-state index in [1.165, 1.54) is 0 Å². The van der Waals surface area contributed by atoms with Crippen LogP contribution in [-0.2, 0) is 13.1 Å². The molecule has 2 aromatic rings. The third kappa shape index (κ3) is 5.81. The molecule has 0 aliphatic heterocycles. The average Bonchev–Trinajstić information content (AvgIpc) is 2.77. The largest absolute Gasteiger partial charge is 0.493 e. The summed E-state index contributed by atoms with van der Waals surface area (Å²) in [6, 6.07) is 11.6. The molecule has 0 atom stereocenters. The normalized spacial score (nSPS) is 10.8. The predicted octanol–water partition coefficient (Wildman–Crippen LogP) is 3.14. The molecule has 29 heavy (non-hydrogen) atoms. The van der Waals surface area contributed by atoms with Gasteiger partial charge in [0.05, 0.1) is 21.3 Å². The molecule has 0 aromatic heterocycles. The Kier molecular flexibility index (Phi) is 8.69. The van der Waals surface area contributed by atoms with Gasteiger partial charge in [-0.3, -0.25) is 4.99 Å². The van der Waals surface area contributed by atoms with E-state index in [9.17, 15) is 0 Å². The smallest absolute Gasteiger partial charge is 0.203 e. The van der Waals surface area contributed by atoms with Crippen LogP contribution in [0.2, 0.25) is 0 Å². The van der Waals surface area contributed by atoms with Gasteiger partial charge in [-0.15, -0.1) is 0 Å². The first kappa shape index (κ1) is 21.9. The molecule has 2 N–H and O–H groups in total. The Bertz CT molecular complexity index is 837. The Morgan fingerprint density at radius 2 is 1.59 bits per heavy atom. The Morgan fingerprint density at radius 3 is 2.21 bits per heavy atom. The maximum atomic E-state index is 5.70. The number of methoxy groups -OCH3 is 3. The van der Waals surface area contributed by atoms with Crippen molar-refractivity contribution in [2.75, 3.05) is 35.0 Å². The van der Waals surface area contributed by atoms with Gasteiger partial charge >= 0.3 is 0 Å². The van der Waals surface area contributed by atoms with Crippen LogP contribution < -0.4 is 29.6 Å². The summed E-state index contributed by atoms with van der Waals surface area (Å²) in [5, 5.41) is 6.59. The van der Waals surface area contributed by atoms with E-state index in [0.29, 0.717) is 42.9 Å². The quantitative estimate of drug-likeness (QED) is 0.363. The fourth-order valence-electron chi connectivity index (χ4n) is 2.82. The Morgan fingerprint density at radius 1 is 0.897 bits per heavy atom. The molecule has 0 unspecified atom stereocenters. The van der Waals surface area contributed by atoms with Crippen LogP contribution >= 0.6 is 0 Å². The van der Waals surface area contributed by atoms with Crippen LogP contribution in [0.1, 0.15) is 11.1 Å². The van der Waals surface area contributed by atoms with E-state index in [4.69, 9.17) is 18.9 Å². The highest BCUT2D eigenvalue weighted by atomic mass is 16.5. The molecule has 0 fully saturated rings. The molecule has 0 aliphatic carbocycles. The van der Waals surface area contributed by atoms with Gasteiger partial charge in [0.1, 0.15) is 12.4 Å². The minimum Gasteiger partial charge on any atom is -0.493 e. The highest BCUT2D eigenvalue weighted by Gasteiger charge is 2.16. The van der Waals surface area contributed by atoms with E-state index in [1.54, 1.807) is 34.5 Å². The van der Waals surface area contributed by atoms with E-state index >= 15 is 0 Å². The number of ether oxygens (including phenoxy) is 4. The zero-order valence-electron chi connectivity index (χ0n) is 17.5. The lowest BCUT2D eigenvalue weighted by atomic mass is 10.1. The van der Waals surface area contributed by atoms with Crippen molar-refractivity contribution in [1.82, 2.24) is 10.6 Å². The number of nitrogens with zero attached hydrogens (tertiary/aromatic N) is 1. The third-order valence-corrected chi connectivity index (χ3v) is 4.23. The van der Waals surface area contributed by atoms with Crippen molar-refractivity contribution in [2.45, 2.75) is 13.1 Å². The fourth-order valence-corrected chi connectivity index (χ4v) is 2.82. The van der Waals surface area contributed by atoms with Crippen molar-refractivity contribution in [1.29, 1.82) is 0 Å². The Balaban J connectivity index is 2.04. The van der Waals surface area contributed by atoms with E-state index in [2.05, 4.69) is 22.2 Å². The van der Waals surface area contributed by atoms with Crippen molar-refractivity contribution in [3.05, 3.63) is 60.2 Å². The van der Waals surface area contributed by atoms with Crippen LogP contribution in [0.4, 0.5) is 0 Å². The van der Waals surface area contributed by atoms with Crippen molar-refractivity contribution < 1.29 is 18.9 Å². The van der Waals surface area contributed by atoms with Gasteiger partial charge in [0, 0.05) is 31.3 Å². The van der Waals surface area contributed by atoms with E-state index in [1.807, 2.05) is 36.4 Å². The number of nitrogens with one attached hydrogen (secondary N) is 2. The first-order chi connectivity index (χ1) is 14.2. The van der Waals surface area contributed by atoms with Crippen molar-refractivity contribution in [3.63, 3.8) is 0 Å². The molecule has 0 radical (unpaired) electrons. The first-order valence-corrected chi connectivity index (χ1v) is 9.22. The lowest BCUT2D eigenvalue weighted by Crippen LogP contribution is -2.36. The van der Waals surface area contributed by atoms with E-state index < -0.39 is 0 Å². The minimum absolute atomic E-state index is 0.461. The molecule has 7 nitrogen and oxygen atoms in total. The van der Waals surface area contributed by atoms with Crippen LogP contribution in [-0.4, -0.2) is 40.9 Å². The summed E-state index contributed by atoms with van der Waals surface area (Å²) >= 11 is 0. The second-order valence-electron chi connectivity index (χ2n) is 5.98. The van der Waals surface area contributed by atoms with Gasteiger partial charge in [0.15, 0.2) is 17.5 Å². The lowest BCUT2D eigenvalue weighted by molar-refractivity contribution is 0.322. The summed E-state index contributed by atoms with van der Waals surface area (Å²) in [5.41, 5.74) is 1.95. The number of para-hydroxylation sites is 1. The van der Waals surface area contributed by atoms with Crippen LogP contribution in [0.3, 0.4) is 0 Å². The lowest BCUT2D eigenvalue weighted by Gasteiger charge is -2.18. The van der Waals surface area contributed by atoms with Gasteiger partial charge in [-0.1, -0.05) is 30.9 Å². The van der Waals surface area contributed by atoms with Gasteiger partial charge < -0.3 is 29.6 Å². The summed E-state index contributed by atoms with van der Waals surface area (Å²) in [6.45, 7) is 5.21. The van der Waals surface area contributed by atoms with Gasteiger partial charge in [-0.2, -0.15) is 0 Å². The summed E-state index contributed by atoms with van der Waals surface area (Å²) < 4.78 is 22.0. The highest BCUT2D eigenvalue weighted by Crippen LogP contribution is 2.39. The predicted molar refractivity (Wildman–Crippen MR) is 115 cm³/mol. The van der Waals surface area contributed by atoms with E-state index in [-0.39, 0.29) is 0 Å². The van der Waals surface area contributed by atoms with Gasteiger partial charge in [0.2, 0.25) is 5.75 Å². The van der Waals surface area contributed by atoms with Gasteiger partial charge in [-0.25, -0.2) is 0 Å². The summed E-state index contributed by atoms with van der Waals surface area (Å²) in [4.78, 5) is 4.28. The maximum absolute atomic E-state index is 5.70. The summed E-state index contributed by atoms with van der Waals surface area (Å²) in [6.07, 6.45) is 1.72. The molecule has 0 spiro atoms. The zero-order valence-corrected chi connectivity index (χ0v) is 17.5. The number of guanidine groups is 1. The van der Waals surface area contributed by atoms with Crippen molar-refractivity contribution >= 4 is 5.96 Å². The molecular weight excluding hydrogens is 370 g/mol. The van der Waals surface area contributed by atoms with Crippen LogP contribution in [0.5, 0.6) is 23.0 Å². The summed E-state index contributed by atoms with van der Waals surface area (Å²) in [7, 11) is 6.51. The zero-order chi connectivity index (χ0) is 21.1. The molecule has 0 heterocycles. The second-order valence-corrected chi connectivity index (χ2v) is 5.98. The molecule has 0 amide bonds. The van der Waals surface area contributed by atoms with Crippen molar-refractivity contribution in [2.24, 2.45) is 4.99 Å². The summed E-state index contributed by atoms with van der Waals surface area (Å²) in [5.74, 6) is 3.27. The number of benzene rings is 2. The van der Waals surface area contributed by atoms with Crippen LogP contribution in [0.15, 0.2) is 54.0 Å². The van der Waals surface area contributed by atoms with E-state index in [0.717, 1.165) is 16.9 Å². The average molecular weight is 399 g/mol. The molecule has 156 valence electrons. The number of hydrogen-bond acceptors (Lipinski definition) is 5. The Labute approximate surface area is 172 Å². The minimum atomic E-state index is 0.461. The molecule has 0 aliphatic rings. The number of aliphatic imine (C=N–C) groups is 1.